The number of aromatic nitrogens is 2. The monoisotopic (exact) mass is 367 g/mol. The molecule has 0 aliphatic carbocycles. The molecule has 0 fully saturated rings. The van der Waals surface area contributed by atoms with Gasteiger partial charge in [-0.15, -0.1) is 0 Å². The van der Waals surface area contributed by atoms with Gasteiger partial charge in [0.2, 0.25) is 0 Å². The third-order valence-electron chi connectivity index (χ3n) is 5.10. The van der Waals surface area contributed by atoms with E-state index >= 15 is 0 Å². The van der Waals surface area contributed by atoms with Gasteiger partial charge in [0.15, 0.2) is 0 Å². The Kier molecular flexibility index (Phi) is 4.53. The van der Waals surface area contributed by atoms with Crippen molar-refractivity contribution in [1.82, 2.24) is 9.78 Å². The van der Waals surface area contributed by atoms with E-state index in [0.29, 0.717) is 11.3 Å². The summed E-state index contributed by atoms with van der Waals surface area (Å²) in [6.45, 7) is 4.12. The average Bonchev–Trinajstić information content (AvgIpc) is 3.16. The van der Waals surface area contributed by atoms with Crippen molar-refractivity contribution in [3.8, 4) is 28.1 Å². The number of aryl methyl sites for hydroxylation is 1. The van der Waals surface area contributed by atoms with Gasteiger partial charge in [-0.05, 0) is 42.2 Å². The molecular formula is C24H21N3O. The number of primary amides is 1. The summed E-state index contributed by atoms with van der Waals surface area (Å²) >= 11 is 0. The van der Waals surface area contributed by atoms with E-state index in [0.717, 1.165) is 27.9 Å². The molecule has 0 unspecified atom stereocenters. The van der Waals surface area contributed by atoms with Crippen LogP contribution in [0.2, 0.25) is 0 Å². The second-order valence-electron chi connectivity index (χ2n) is 6.85. The van der Waals surface area contributed by atoms with Crippen LogP contribution in [0.3, 0.4) is 0 Å². The van der Waals surface area contributed by atoms with Gasteiger partial charge in [-0.2, -0.15) is 5.10 Å². The summed E-state index contributed by atoms with van der Waals surface area (Å²) in [5.74, 6) is -0.487. The summed E-state index contributed by atoms with van der Waals surface area (Å²) in [7, 11) is 0. The molecule has 1 aromatic heterocycles. The quantitative estimate of drug-likeness (QED) is 0.556. The lowest BCUT2D eigenvalue weighted by molar-refractivity contribution is 0.100. The van der Waals surface area contributed by atoms with Crippen LogP contribution in [-0.2, 0) is 0 Å². The van der Waals surface area contributed by atoms with E-state index in [1.807, 2.05) is 42.5 Å². The molecular weight excluding hydrogens is 346 g/mol. The smallest absolute Gasteiger partial charge is 0.252 e. The Morgan fingerprint density at radius 3 is 2.14 bits per heavy atom. The molecule has 0 radical (unpaired) electrons. The summed E-state index contributed by atoms with van der Waals surface area (Å²) in [6, 6.07) is 24.4. The number of benzene rings is 3. The van der Waals surface area contributed by atoms with Crippen molar-refractivity contribution in [1.29, 1.82) is 0 Å². The van der Waals surface area contributed by atoms with Crippen LogP contribution in [0, 0.1) is 13.8 Å². The van der Waals surface area contributed by atoms with Crippen LogP contribution < -0.4 is 5.73 Å². The van der Waals surface area contributed by atoms with Gasteiger partial charge in [0.1, 0.15) is 0 Å². The van der Waals surface area contributed by atoms with Crippen molar-refractivity contribution >= 4 is 5.91 Å². The van der Waals surface area contributed by atoms with Gasteiger partial charge in [-0.25, -0.2) is 4.68 Å². The molecule has 2 N–H and O–H groups in total. The van der Waals surface area contributed by atoms with Gasteiger partial charge >= 0.3 is 0 Å². The summed E-state index contributed by atoms with van der Waals surface area (Å²) in [5.41, 5.74) is 13.1. The third-order valence-corrected chi connectivity index (χ3v) is 5.10. The van der Waals surface area contributed by atoms with Crippen LogP contribution in [-0.4, -0.2) is 15.7 Å². The molecule has 1 heterocycles. The molecule has 4 heteroatoms. The van der Waals surface area contributed by atoms with Crippen LogP contribution in [0.4, 0.5) is 0 Å². The number of rotatable bonds is 4. The van der Waals surface area contributed by atoms with Crippen molar-refractivity contribution in [2.75, 3.05) is 0 Å². The fraction of sp³-hybridized carbons (Fsp3) is 0.0833. The van der Waals surface area contributed by atoms with Gasteiger partial charge in [0.25, 0.3) is 5.91 Å². The average molecular weight is 367 g/mol. The number of carbonyl (C=O) groups is 1. The molecule has 138 valence electrons. The molecule has 4 nitrogen and oxygen atoms in total. The van der Waals surface area contributed by atoms with Gasteiger partial charge in [0.05, 0.1) is 23.1 Å². The second-order valence-corrected chi connectivity index (χ2v) is 6.85. The van der Waals surface area contributed by atoms with Crippen molar-refractivity contribution in [2.45, 2.75) is 13.8 Å². The molecule has 0 atom stereocenters. The highest BCUT2D eigenvalue weighted by Crippen LogP contribution is 2.30. The minimum atomic E-state index is -0.487. The Hall–Kier alpha value is -3.66. The minimum absolute atomic E-state index is 0.411. The first-order valence-electron chi connectivity index (χ1n) is 9.16. The molecule has 0 bridgehead atoms. The largest absolute Gasteiger partial charge is 0.365 e. The molecule has 4 aromatic rings. The van der Waals surface area contributed by atoms with Gasteiger partial charge in [-0.1, -0.05) is 66.7 Å². The molecule has 3 aromatic carbocycles. The molecule has 0 saturated heterocycles. The molecule has 4 rings (SSSR count). The molecule has 1 amide bonds. The van der Waals surface area contributed by atoms with E-state index in [9.17, 15) is 4.79 Å². The predicted octanol–water partition coefficient (Wildman–Crippen LogP) is 4.92. The summed E-state index contributed by atoms with van der Waals surface area (Å²) in [4.78, 5) is 12.0. The van der Waals surface area contributed by atoms with Crippen LogP contribution in [0.5, 0.6) is 0 Å². The van der Waals surface area contributed by atoms with Crippen molar-refractivity contribution in [3.63, 3.8) is 0 Å². The number of hydrogen-bond donors (Lipinski definition) is 1. The lowest BCUT2D eigenvalue weighted by Crippen LogP contribution is -2.12. The van der Waals surface area contributed by atoms with Crippen molar-refractivity contribution < 1.29 is 4.79 Å². The van der Waals surface area contributed by atoms with E-state index in [1.54, 1.807) is 10.9 Å². The normalized spacial score (nSPS) is 10.8. The standard InChI is InChI=1S/C24H21N3O/c1-16-7-6-10-22(17(16)2)27-23(21(15-26-27)24(25)28)20-13-11-19(12-14-20)18-8-4-3-5-9-18/h3-15H,1-2H3,(H2,25,28). The fourth-order valence-electron chi connectivity index (χ4n) is 3.41. The summed E-state index contributed by atoms with van der Waals surface area (Å²) in [6.07, 6.45) is 1.55. The Balaban J connectivity index is 1.86. The number of nitrogens with two attached hydrogens (primary N) is 1. The van der Waals surface area contributed by atoms with E-state index in [-0.39, 0.29) is 0 Å². The van der Waals surface area contributed by atoms with Gasteiger partial charge in [-0.3, -0.25) is 4.79 Å². The minimum Gasteiger partial charge on any atom is -0.365 e. The van der Waals surface area contributed by atoms with Crippen LogP contribution in [0.25, 0.3) is 28.1 Å². The van der Waals surface area contributed by atoms with Crippen LogP contribution in [0.1, 0.15) is 21.5 Å². The zero-order valence-corrected chi connectivity index (χ0v) is 15.9. The SMILES string of the molecule is Cc1cccc(-n2ncc(C(N)=O)c2-c2ccc(-c3ccccc3)cc2)c1C. The topological polar surface area (TPSA) is 60.9 Å². The van der Waals surface area contributed by atoms with Crippen LogP contribution >= 0.6 is 0 Å². The van der Waals surface area contributed by atoms with E-state index in [4.69, 9.17) is 5.73 Å². The second kappa shape index (κ2) is 7.16. The highest BCUT2D eigenvalue weighted by atomic mass is 16.1. The zero-order chi connectivity index (χ0) is 19.7. The maximum Gasteiger partial charge on any atom is 0.252 e. The summed E-state index contributed by atoms with van der Waals surface area (Å²) < 4.78 is 1.81. The number of amides is 1. The molecule has 0 aliphatic rings. The fourth-order valence-corrected chi connectivity index (χ4v) is 3.41. The number of nitrogens with zero attached hydrogens (tertiary/aromatic N) is 2. The predicted molar refractivity (Wildman–Crippen MR) is 112 cm³/mol. The van der Waals surface area contributed by atoms with Gasteiger partial charge in [0, 0.05) is 5.56 Å². The summed E-state index contributed by atoms with van der Waals surface area (Å²) in [5, 5.41) is 4.48. The Morgan fingerprint density at radius 1 is 0.821 bits per heavy atom. The lowest BCUT2D eigenvalue weighted by atomic mass is 10.0. The maximum absolute atomic E-state index is 12.0. The van der Waals surface area contributed by atoms with Crippen LogP contribution in [0.15, 0.2) is 79.0 Å². The first-order valence-corrected chi connectivity index (χ1v) is 9.16. The first kappa shape index (κ1) is 17.7. The highest BCUT2D eigenvalue weighted by molar-refractivity contribution is 5.99. The molecule has 0 saturated carbocycles. The van der Waals surface area contributed by atoms with Crippen molar-refractivity contribution in [2.24, 2.45) is 5.73 Å². The maximum atomic E-state index is 12.0. The van der Waals surface area contributed by atoms with E-state index < -0.39 is 5.91 Å². The Labute approximate surface area is 164 Å². The van der Waals surface area contributed by atoms with E-state index in [2.05, 4.69) is 49.3 Å². The zero-order valence-electron chi connectivity index (χ0n) is 15.9. The lowest BCUT2D eigenvalue weighted by Gasteiger charge is -2.13. The van der Waals surface area contributed by atoms with Gasteiger partial charge < -0.3 is 5.73 Å². The Morgan fingerprint density at radius 2 is 1.46 bits per heavy atom. The third kappa shape index (κ3) is 3.09. The number of hydrogen-bond acceptors (Lipinski definition) is 2. The number of carbonyl (C=O) groups excluding carboxylic acids is 1. The molecule has 0 aliphatic heterocycles. The highest BCUT2D eigenvalue weighted by Gasteiger charge is 2.19. The van der Waals surface area contributed by atoms with E-state index in [1.165, 1.54) is 5.56 Å². The molecule has 0 spiro atoms. The Bertz CT molecular complexity index is 1140. The van der Waals surface area contributed by atoms with Crippen molar-refractivity contribution in [3.05, 3.63) is 95.7 Å². The molecule has 28 heavy (non-hydrogen) atoms. The first-order chi connectivity index (χ1) is 13.6.